The van der Waals surface area contributed by atoms with Crippen LogP contribution in [0.4, 0.5) is 28.6 Å². The number of piperidine rings is 1. The first kappa shape index (κ1) is 27.8. The largest absolute Gasteiger partial charge is 0.489 e. The van der Waals surface area contributed by atoms with Crippen molar-refractivity contribution in [2.75, 3.05) is 28.6 Å². The van der Waals surface area contributed by atoms with E-state index in [1.165, 1.54) is 0 Å². The Kier molecular flexibility index (Phi) is 7.91. The Hall–Kier alpha value is -3.76. The standard InChI is InChI=1S/C30H37N5O4S/c1-19(2)39-27-17-21(35-15-12-22(36)13-16-35)9-10-24(27)33-29-18-26(23-11-14-31-30(23)34-29)32-25-7-5-6-8-28(25)40(37,38)20(3)4/h5-11,14,17-20,22,36H,12-13,15-16H2,1-4H3,(H3,31,32,33,34). The number of pyridine rings is 1. The summed E-state index contributed by atoms with van der Waals surface area (Å²) in [4.78, 5) is 10.4. The van der Waals surface area contributed by atoms with Gasteiger partial charge in [0.2, 0.25) is 0 Å². The lowest BCUT2D eigenvalue weighted by Crippen LogP contribution is -2.35. The Bertz CT molecular complexity index is 1590. The summed E-state index contributed by atoms with van der Waals surface area (Å²) in [6.45, 7) is 8.93. The number of ether oxygens (including phenoxy) is 1. The summed E-state index contributed by atoms with van der Waals surface area (Å²) in [5.41, 5.74) is 3.70. The van der Waals surface area contributed by atoms with Crippen LogP contribution in [-0.4, -0.2) is 54.0 Å². The number of hydrogen-bond acceptors (Lipinski definition) is 8. The number of para-hydroxylation sites is 1. The number of aromatic nitrogens is 2. The number of sulfone groups is 1. The average molecular weight is 564 g/mol. The predicted octanol–water partition coefficient (Wildman–Crippen LogP) is 5.98. The molecule has 4 aromatic rings. The van der Waals surface area contributed by atoms with Crippen molar-refractivity contribution in [1.82, 2.24) is 9.97 Å². The summed E-state index contributed by atoms with van der Waals surface area (Å²) in [7, 11) is -3.50. The summed E-state index contributed by atoms with van der Waals surface area (Å²) >= 11 is 0. The molecule has 0 unspecified atom stereocenters. The second kappa shape index (κ2) is 11.4. The number of nitrogens with one attached hydrogen (secondary N) is 3. The van der Waals surface area contributed by atoms with Gasteiger partial charge in [0.25, 0.3) is 0 Å². The van der Waals surface area contributed by atoms with Crippen LogP contribution in [0.3, 0.4) is 0 Å². The highest BCUT2D eigenvalue weighted by atomic mass is 32.2. The molecule has 3 heterocycles. The molecular formula is C30H37N5O4S. The molecular weight excluding hydrogens is 526 g/mol. The number of hydrogen-bond donors (Lipinski definition) is 4. The molecule has 1 aliphatic heterocycles. The zero-order valence-electron chi connectivity index (χ0n) is 23.3. The Morgan fingerprint density at radius 1 is 0.975 bits per heavy atom. The average Bonchev–Trinajstić information content (AvgIpc) is 3.39. The highest BCUT2D eigenvalue weighted by molar-refractivity contribution is 7.92. The van der Waals surface area contributed by atoms with Gasteiger partial charge in [-0.3, -0.25) is 0 Å². The van der Waals surface area contributed by atoms with Crippen LogP contribution in [0, 0.1) is 0 Å². The molecule has 2 aromatic carbocycles. The maximum absolute atomic E-state index is 13.0. The third kappa shape index (κ3) is 5.88. The van der Waals surface area contributed by atoms with Crippen molar-refractivity contribution in [3.05, 3.63) is 60.8 Å². The van der Waals surface area contributed by atoms with E-state index in [-0.39, 0.29) is 17.1 Å². The topological polar surface area (TPSA) is 120 Å². The third-order valence-corrected chi connectivity index (χ3v) is 9.24. The normalized spacial score (nSPS) is 14.7. The van der Waals surface area contributed by atoms with Crippen molar-refractivity contribution in [1.29, 1.82) is 0 Å². The number of rotatable bonds is 9. The van der Waals surface area contributed by atoms with Crippen molar-refractivity contribution in [2.24, 2.45) is 0 Å². The number of anilines is 5. The van der Waals surface area contributed by atoms with Gasteiger partial charge in [0.15, 0.2) is 9.84 Å². The van der Waals surface area contributed by atoms with Gasteiger partial charge in [0, 0.05) is 42.5 Å². The molecule has 10 heteroatoms. The fourth-order valence-electron chi connectivity index (χ4n) is 4.85. The van der Waals surface area contributed by atoms with Crippen LogP contribution >= 0.6 is 0 Å². The Labute approximate surface area is 235 Å². The first-order chi connectivity index (χ1) is 19.1. The molecule has 1 aliphatic rings. The summed E-state index contributed by atoms with van der Waals surface area (Å²) < 4.78 is 32.3. The van der Waals surface area contributed by atoms with Crippen molar-refractivity contribution in [2.45, 2.75) is 62.9 Å². The molecule has 1 fully saturated rings. The maximum Gasteiger partial charge on any atom is 0.182 e. The van der Waals surface area contributed by atoms with Gasteiger partial charge in [-0.2, -0.15) is 0 Å². The van der Waals surface area contributed by atoms with Gasteiger partial charge >= 0.3 is 0 Å². The molecule has 1 saturated heterocycles. The van der Waals surface area contributed by atoms with Gasteiger partial charge in [-0.25, -0.2) is 13.4 Å². The number of aliphatic hydroxyl groups excluding tert-OH is 1. The number of nitrogens with zero attached hydrogens (tertiary/aromatic N) is 2. The number of aromatic amines is 1. The van der Waals surface area contributed by atoms with Crippen molar-refractivity contribution >= 4 is 49.4 Å². The zero-order valence-corrected chi connectivity index (χ0v) is 24.1. The lowest BCUT2D eigenvalue weighted by Gasteiger charge is -2.32. The van der Waals surface area contributed by atoms with Gasteiger partial charge in [-0.1, -0.05) is 12.1 Å². The highest BCUT2D eigenvalue weighted by Gasteiger charge is 2.23. The zero-order chi connectivity index (χ0) is 28.4. The minimum absolute atomic E-state index is 0.0329. The lowest BCUT2D eigenvalue weighted by atomic mass is 10.1. The van der Waals surface area contributed by atoms with E-state index < -0.39 is 15.1 Å². The van der Waals surface area contributed by atoms with Crippen LogP contribution in [-0.2, 0) is 9.84 Å². The van der Waals surface area contributed by atoms with E-state index in [4.69, 9.17) is 9.72 Å². The Morgan fingerprint density at radius 2 is 1.73 bits per heavy atom. The minimum atomic E-state index is -3.50. The van der Waals surface area contributed by atoms with Crippen molar-refractivity contribution in [3.63, 3.8) is 0 Å². The molecule has 212 valence electrons. The van der Waals surface area contributed by atoms with E-state index in [1.807, 2.05) is 50.2 Å². The molecule has 2 aromatic heterocycles. The fraction of sp³-hybridized carbons (Fsp3) is 0.367. The van der Waals surface area contributed by atoms with E-state index in [2.05, 4.69) is 20.5 Å². The Morgan fingerprint density at radius 3 is 2.45 bits per heavy atom. The molecule has 5 rings (SSSR count). The van der Waals surface area contributed by atoms with Crippen molar-refractivity contribution < 1.29 is 18.3 Å². The van der Waals surface area contributed by atoms with Gasteiger partial charge in [-0.05, 0) is 70.9 Å². The maximum atomic E-state index is 13.0. The molecule has 40 heavy (non-hydrogen) atoms. The highest BCUT2D eigenvalue weighted by Crippen LogP contribution is 2.36. The molecule has 0 aliphatic carbocycles. The number of fused-ring (bicyclic) bond motifs is 1. The smallest absolute Gasteiger partial charge is 0.182 e. The number of benzene rings is 2. The summed E-state index contributed by atoms with van der Waals surface area (Å²) in [6.07, 6.45) is 3.03. The summed E-state index contributed by atoms with van der Waals surface area (Å²) in [6, 6.07) is 16.8. The molecule has 0 radical (unpaired) electrons. The SMILES string of the molecule is CC(C)Oc1cc(N2CCC(O)CC2)ccc1Nc1cc(Nc2ccccc2S(=O)(=O)C(C)C)c2cc[nH]c2n1. The molecule has 0 spiro atoms. The Balaban J connectivity index is 1.49. The molecule has 0 saturated carbocycles. The quantitative estimate of drug-likeness (QED) is 0.196. The van der Waals surface area contributed by atoms with Crippen LogP contribution < -0.4 is 20.3 Å². The van der Waals surface area contributed by atoms with E-state index in [9.17, 15) is 13.5 Å². The van der Waals surface area contributed by atoms with E-state index >= 15 is 0 Å². The monoisotopic (exact) mass is 563 g/mol. The first-order valence-corrected chi connectivity index (χ1v) is 15.3. The third-order valence-electron chi connectivity index (χ3n) is 7.03. The van der Waals surface area contributed by atoms with Crippen LogP contribution in [0.2, 0.25) is 0 Å². The molecule has 0 amide bonds. The first-order valence-electron chi connectivity index (χ1n) is 13.7. The fourth-order valence-corrected chi connectivity index (χ4v) is 6.05. The van der Waals surface area contributed by atoms with Gasteiger partial charge in [-0.15, -0.1) is 0 Å². The number of aliphatic hydroxyl groups is 1. The van der Waals surface area contributed by atoms with Crippen LogP contribution in [0.5, 0.6) is 5.75 Å². The van der Waals surface area contributed by atoms with Gasteiger partial charge < -0.3 is 30.4 Å². The lowest BCUT2D eigenvalue weighted by molar-refractivity contribution is 0.145. The van der Waals surface area contributed by atoms with Crippen LogP contribution in [0.25, 0.3) is 11.0 Å². The minimum Gasteiger partial charge on any atom is -0.489 e. The second-order valence-corrected chi connectivity index (χ2v) is 13.2. The molecule has 9 nitrogen and oxygen atoms in total. The number of H-pyrrole nitrogens is 1. The summed E-state index contributed by atoms with van der Waals surface area (Å²) in [5.74, 6) is 1.28. The van der Waals surface area contributed by atoms with E-state index in [0.29, 0.717) is 22.9 Å². The predicted molar refractivity (Wildman–Crippen MR) is 161 cm³/mol. The van der Waals surface area contributed by atoms with Gasteiger partial charge in [0.05, 0.1) is 39.4 Å². The molecule has 0 atom stereocenters. The molecule has 4 N–H and O–H groups in total. The van der Waals surface area contributed by atoms with Crippen molar-refractivity contribution in [3.8, 4) is 5.75 Å². The van der Waals surface area contributed by atoms with Gasteiger partial charge in [0.1, 0.15) is 17.2 Å². The van der Waals surface area contributed by atoms with Crippen LogP contribution in [0.15, 0.2) is 65.7 Å². The summed E-state index contributed by atoms with van der Waals surface area (Å²) in [5, 5.41) is 17.0. The van der Waals surface area contributed by atoms with E-state index in [0.717, 1.165) is 48.4 Å². The van der Waals surface area contributed by atoms with E-state index in [1.54, 1.807) is 38.2 Å². The second-order valence-electron chi connectivity index (χ2n) is 10.7. The molecule has 0 bridgehead atoms. The van der Waals surface area contributed by atoms with Crippen LogP contribution in [0.1, 0.15) is 40.5 Å².